The van der Waals surface area contributed by atoms with Gasteiger partial charge in [-0.3, -0.25) is 15.1 Å². The molecular weight excluding hydrogens is 326 g/mol. The largest absolute Gasteiger partial charge is 0.872 e. The van der Waals surface area contributed by atoms with Crippen molar-refractivity contribution >= 4 is 28.9 Å². The Bertz CT molecular complexity index is 917. The zero-order valence-electron chi connectivity index (χ0n) is 12.7. The first-order chi connectivity index (χ1) is 11.5. The van der Waals surface area contributed by atoms with Gasteiger partial charge in [-0.25, -0.2) is 4.98 Å². The number of thiazole rings is 1. The fraction of sp³-hybridized carbons (Fsp3) is 0.0588. The van der Waals surface area contributed by atoms with Gasteiger partial charge < -0.3 is 5.11 Å². The van der Waals surface area contributed by atoms with Crippen LogP contribution in [0.1, 0.15) is 10.6 Å². The summed E-state index contributed by atoms with van der Waals surface area (Å²) in [6.07, 6.45) is 1.34. The summed E-state index contributed by atoms with van der Waals surface area (Å²) in [6, 6.07) is 11.0. The van der Waals surface area contributed by atoms with Crippen molar-refractivity contribution in [3.8, 4) is 17.0 Å². The molecule has 120 valence electrons. The number of nitro benzene ring substituents is 1. The van der Waals surface area contributed by atoms with Crippen LogP contribution in [0.25, 0.3) is 11.3 Å². The molecule has 0 fully saturated rings. The van der Waals surface area contributed by atoms with Gasteiger partial charge in [-0.15, -0.1) is 11.3 Å². The zero-order valence-corrected chi connectivity index (χ0v) is 13.5. The SMILES string of the molecule is Cc1nc(-c2ccc(N=Cc3cc([N+](=O)[O-])ccc3[O-])cc2)cs1. The fourth-order valence-corrected chi connectivity index (χ4v) is 2.73. The van der Waals surface area contributed by atoms with E-state index in [0.29, 0.717) is 5.69 Å². The molecule has 0 saturated carbocycles. The van der Waals surface area contributed by atoms with Gasteiger partial charge in [0.2, 0.25) is 0 Å². The van der Waals surface area contributed by atoms with Crippen molar-refractivity contribution in [2.75, 3.05) is 0 Å². The van der Waals surface area contributed by atoms with Crippen LogP contribution >= 0.6 is 11.3 Å². The lowest BCUT2D eigenvalue weighted by molar-refractivity contribution is -0.385. The monoisotopic (exact) mass is 338 g/mol. The van der Waals surface area contributed by atoms with E-state index in [-0.39, 0.29) is 17.0 Å². The van der Waals surface area contributed by atoms with Gasteiger partial charge in [-0.1, -0.05) is 23.9 Å². The summed E-state index contributed by atoms with van der Waals surface area (Å²) in [5.74, 6) is -0.307. The predicted molar refractivity (Wildman–Crippen MR) is 92.1 cm³/mol. The van der Waals surface area contributed by atoms with E-state index in [1.54, 1.807) is 11.3 Å². The third-order valence-electron chi connectivity index (χ3n) is 3.34. The number of nitrogens with zero attached hydrogens (tertiary/aromatic N) is 3. The number of non-ortho nitro benzene ring substituents is 1. The minimum absolute atomic E-state index is 0.134. The van der Waals surface area contributed by atoms with Gasteiger partial charge >= 0.3 is 0 Å². The Morgan fingerprint density at radius 1 is 1.21 bits per heavy atom. The van der Waals surface area contributed by atoms with Crippen molar-refractivity contribution in [3.63, 3.8) is 0 Å². The number of aliphatic imine (C=N–C) groups is 1. The van der Waals surface area contributed by atoms with Crippen molar-refractivity contribution in [1.82, 2.24) is 4.98 Å². The van der Waals surface area contributed by atoms with E-state index in [0.717, 1.165) is 16.3 Å². The molecule has 6 nitrogen and oxygen atoms in total. The average molecular weight is 338 g/mol. The Kier molecular flexibility index (Phi) is 4.35. The normalized spacial score (nSPS) is 11.0. The Balaban J connectivity index is 1.82. The fourth-order valence-electron chi connectivity index (χ4n) is 2.11. The lowest BCUT2D eigenvalue weighted by atomic mass is 10.1. The number of aromatic nitrogens is 1. The summed E-state index contributed by atoms with van der Waals surface area (Å²) in [4.78, 5) is 18.9. The molecule has 0 spiro atoms. The molecule has 0 saturated heterocycles. The van der Waals surface area contributed by atoms with Crippen LogP contribution in [0.15, 0.2) is 52.8 Å². The van der Waals surface area contributed by atoms with Crippen molar-refractivity contribution in [2.45, 2.75) is 6.92 Å². The second-order valence-electron chi connectivity index (χ2n) is 5.04. The molecule has 0 aliphatic carbocycles. The Morgan fingerprint density at radius 3 is 2.58 bits per heavy atom. The van der Waals surface area contributed by atoms with Crippen molar-refractivity contribution in [1.29, 1.82) is 0 Å². The van der Waals surface area contributed by atoms with Gasteiger partial charge in [0.05, 0.1) is 21.3 Å². The highest BCUT2D eigenvalue weighted by Crippen LogP contribution is 2.25. The number of hydrogen-bond acceptors (Lipinski definition) is 6. The molecule has 3 aromatic rings. The van der Waals surface area contributed by atoms with E-state index in [1.807, 2.05) is 36.6 Å². The van der Waals surface area contributed by atoms with Gasteiger partial charge in [-0.2, -0.15) is 0 Å². The molecule has 0 unspecified atom stereocenters. The van der Waals surface area contributed by atoms with Crippen LogP contribution < -0.4 is 5.11 Å². The Labute approximate surface area is 141 Å². The third-order valence-corrected chi connectivity index (χ3v) is 4.11. The lowest BCUT2D eigenvalue weighted by Gasteiger charge is -2.08. The molecule has 2 aromatic carbocycles. The van der Waals surface area contributed by atoms with Crippen LogP contribution in [0.5, 0.6) is 5.75 Å². The summed E-state index contributed by atoms with van der Waals surface area (Å²) in [5, 5.41) is 25.5. The molecule has 0 N–H and O–H groups in total. The highest BCUT2D eigenvalue weighted by atomic mass is 32.1. The number of nitro groups is 1. The highest BCUT2D eigenvalue weighted by molar-refractivity contribution is 7.09. The topological polar surface area (TPSA) is 91.5 Å². The maximum absolute atomic E-state index is 11.7. The molecule has 0 bridgehead atoms. The molecule has 1 aromatic heterocycles. The summed E-state index contributed by atoms with van der Waals surface area (Å²) in [6.45, 7) is 1.95. The van der Waals surface area contributed by atoms with E-state index in [2.05, 4.69) is 9.98 Å². The first-order valence-corrected chi connectivity index (χ1v) is 7.93. The molecule has 0 aliphatic rings. The minimum atomic E-state index is -0.540. The maximum atomic E-state index is 11.7. The average Bonchev–Trinajstić information content (AvgIpc) is 3.01. The van der Waals surface area contributed by atoms with Crippen molar-refractivity contribution in [3.05, 3.63) is 68.5 Å². The van der Waals surface area contributed by atoms with Gasteiger partial charge in [0.1, 0.15) is 0 Å². The van der Waals surface area contributed by atoms with E-state index < -0.39 is 4.92 Å². The quantitative estimate of drug-likeness (QED) is 0.410. The summed E-state index contributed by atoms with van der Waals surface area (Å²) in [5.41, 5.74) is 2.59. The first-order valence-electron chi connectivity index (χ1n) is 7.05. The minimum Gasteiger partial charge on any atom is -0.872 e. The Hall–Kier alpha value is -3.06. The van der Waals surface area contributed by atoms with E-state index in [1.165, 1.54) is 24.4 Å². The van der Waals surface area contributed by atoms with Crippen molar-refractivity contribution in [2.24, 2.45) is 4.99 Å². The molecule has 0 atom stereocenters. The van der Waals surface area contributed by atoms with Gasteiger partial charge in [0.25, 0.3) is 5.69 Å². The van der Waals surface area contributed by atoms with Gasteiger partial charge in [-0.05, 0) is 24.6 Å². The summed E-state index contributed by atoms with van der Waals surface area (Å²) >= 11 is 1.59. The predicted octanol–water partition coefficient (Wildman–Crippen LogP) is 3.85. The second kappa shape index (κ2) is 6.59. The van der Waals surface area contributed by atoms with Crippen LogP contribution in [0.2, 0.25) is 0 Å². The standard InChI is InChI=1S/C17H13N3O3S/c1-11-19-16(10-24-11)12-2-4-14(5-3-12)18-9-13-8-15(20(22)23)6-7-17(13)21/h2-10,21H,1H3/p-1. The molecule has 0 amide bonds. The van der Waals surface area contributed by atoms with Crippen LogP contribution in [-0.4, -0.2) is 16.1 Å². The number of rotatable bonds is 4. The maximum Gasteiger partial charge on any atom is 0.270 e. The van der Waals surface area contributed by atoms with Crippen LogP contribution in [0.3, 0.4) is 0 Å². The molecule has 7 heteroatoms. The first kappa shape index (κ1) is 15.8. The number of hydrogen-bond donors (Lipinski definition) is 0. The number of aryl methyl sites for hydroxylation is 1. The van der Waals surface area contributed by atoms with Crippen molar-refractivity contribution < 1.29 is 10.0 Å². The van der Waals surface area contributed by atoms with Crippen LogP contribution in [0, 0.1) is 17.0 Å². The molecule has 3 rings (SSSR count). The second-order valence-corrected chi connectivity index (χ2v) is 6.10. The third kappa shape index (κ3) is 3.47. The van der Waals surface area contributed by atoms with E-state index in [9.17, 15) is 15.2 Å². The van der Waals surface area contributed by atoms with Gasteiger partial charge in [0, 0.05) is 29.3 Å². The molecular formula is C17H12N3O3S-. The van der Waals surface area contributed by atoms with Gasteiger partial charge in [0.15, 0.2) is 0 Å². The Morgan fingerprint density at radius 2 is 1.96 bits per heavy atom. The zero-order chi connectivity index (χ0) is 17.1. The smallest absolute Gasteiger partial charge is 0.270 e. The highest BCUT2D eigenvalue weighted by Gasteiger charge is 2.05. The van der Waals surface area contributed by atoms with E-state index >= 15 is 0 Å². The molecule has 0 radical (unpaired) electrons. The summed E-state index contributed by atoms with van der Waals surface area (Å²) in [7, 11) is 0. The van der Waals surface area contributed by atoms with Crippen LogP contribution in [-0.2, 0) is 0 Å². The van der Waals surface area contributed by atoms with Crippen LogP contribution in [0.4, 0.5) is 11.4 Å². The summed E-state index contributed by atoms with van der Waals surface area (Å²) < 4.78 is 0. The molecule has 1 heterocycles. The molecule has 24 heavy (non-hydrogen) atoms. The molecule has 0 aliphatic heterocycles. The lowest BCUT2D eigenvalue weighted by Crippen LogP contribution is -1.98. The van der Waals surface area contributed by atoms with E-state index in [4.69, 9.17) is 0 Å². The number of benzene rings is 2.